The number of aryl methyl sites for hydroxylation is 6. The van der Waals surface area contributed by atoms with Gasteiger partial charge in [-0.15, -0.1) is 0 Å². The van der Waals surface area contributed by atoms with E-state index in [1.54, 1.807) is 11.1 Å². The van der Waals surface area contributed by atoms with Crippen LogP contribution in [0.2, 0.25) is 0 Å². The number of ether oxygens (including phenoxy) is 4. The SMILES string of the molecule is CC.CC.CC1=CCC(C)CC1.CC1=CCC(C)CC1.CC1CCC(C)CC1.CC1COC(C)OC1.CC1COC(C)OC1.Cc1ccc(C)cc1.Cc1ccc(C)cc1.Cc1ccc(C)cc1.[HH]. The van der Waals surface area contributed by atoms with Crippen LogP contribution in [-0.4, -0.2) is 39.0 Å². The molecule has 2 saturated heterocycles. The third-order valence-corrected chi connectivity index (χ3v) is 12.2. The topological polar surface area (TPSA) is 36.9 Å². The van der Waals surface area contributed by atoms with Gasteiger partial charge in [0.05, 0.1) is 26.4 Å². The van der Waals surface area contributed by atoms with Gasteiger partial charge >= 0.3 is 0 Å². The Labute approximate surface area is 425 Å². The van der Waals surface area contributed by atoms with Crippen LogP contribution < -0.4 is 0 Å². The molecule has 8 rings (SSSR count). The maximum atomic E-state index is 5.17. The van der Waals surface area contributed by atoms with Crippen molar-refractivity contribution in [1.29, 1.82) is 0 Å². The molecule has 3 aromatic carbocycles. The Morgan fingerprint density at radius 1 is 0.309 bits per heavy atom. The van der Waals surface area contributed by atoms with Gasteiger partial charge in [-0.1, -0.05) is 224 Å². The summed E-state index contributed by atoms with van der Waals surface area (Å²) in [6.45, 7) is 45.9. The first kappa shape index (κ1) is 67.1. The molecule has 2 aliphatic heterocycles. The highest BCUT2D eigenvalue weighted by molar-refractivity contribution is 5.21. The Balaban J connectivity index is -0.000000712. The fourth-order valence-electron chi connectivity index (χ4n) is 6.92. The largest absolute Gasteiger partial charge is 0.353 e. The standard InChI is InChI=1S/C8H16.2C8H14.3C8H10.2C6H12O2.2C2H6.H2/c6*1-7-3-5-8(2)6-4-7;2*1-5-3-7-6(2)8-4-5;2*1-2;/h7-8H,3-6H2,1-2H3;2*3,8H,4-6H2,1-2H3;3*3-6H,1-2H3;2*5-6H,3-4H2,1-2H3;2*1-2H3;1H. The van der Waals surface area contributed by atoms with Gasteiger partial charge in [0.25, 0.3) is 0 Å². The summed E-state index contributed by atoms with van der Waals surface area (Å²) >= 11 is 0. The highest BCUT2D eigenvalue weighted by Gasteiger charge is 2.15. The van der Waals surface area contributed by atoms with E-state index in [-0.39, 0.29) is 14.0 Å². The van der Waals surface area contributed by atoms with Crippen LogP contribution in [0.5, 0.6) is 0 Å². The molecule has 68 heavy (non-hydrogen) atoms. The van der Waals surface area contributed by atoms with E-state index in [1.165, 1.54) is 97.6 Å². The van der Waals surface area contributed by atoms with Gasteiger partial charge in [0.1, 0.15) is 0 Å². The lowest BCUT2D eigenvalue weighted by Gasteiger charge is -2.24. The van der Waals surface area contributed by atoms with E-state index in [1.807, 2.05) is 41.5 Å². The monoisotopic (exact) mass is 945 g/mol. The Kier molecular flexibility index (Phi) is 42.2. The molecule has 0 aromatic heterocycles. The predicted octanol–water partition coefficient (Wildman–Crippen LogP) is 19.6. The smallest absolute Gasteiger partial charge is 0.154 e. The molecule has 392 valence electrons. The molecule has 0 radical (unpaired) electrons. The van der Waals surface area contributed by atoms with Crippen molar-refractivity contribution >= 4 is 0 Å². The van der Waals surface area contributed by atoms with Crippen LogP contribution in [0, 0.1) is 77.0 Å². The summed E-state index contributed by atoms with van der Waals surface area (Å²) in [5, 5.41) is 0. The lowest BCUT2D eigenvalue weighted by molar-refractivity contribution is -0.187. The fraction of sp³-hybridized carbons (Fsp3) is 0.656. The van der Waals surface area contributed by atoms with Crippen molar-refractivity contribution in [3.63, 3.8) is 0 Å². The predicted molar refractivity (Wildman–Crippen MR) is 304 cm³/mol. The molecule has 2 unspecified atom stereocenters. The number of rotatable bonds is 0. The highest BCUT2D eigenvalue weighted by atomic mass is 16.7. The van der Waals surface area contributed by atoms with Crippen molar-refractivity contribution in [3.8, 4) is 0 Å². The van der Waals surface area contributed by atoms with E-state index < -0.39 is 0 Å². The van der Waals surface area contributed by atoms with Crippen LogP contribution in [0.15, 0.2) is 96.1 Å². The molecular weight excluding hydrogens is 833 g/mol. The summed E-state index contributed by atoms with van der Waals surface area (Å²) in [6, 6.07) is 25.4. The Hall–Kier alpha value is -3.02. The molecule has 2 heterocycles. The molecular formula is C64H112O4. The first-order chi connectivity index (χ1) is 32.3. The number of benzene rings is 3. The Bertz CT molecular complexity index is 1330. The lowest BCUT2D eigenvalue weighted by Crippen LogP contribution is -2.27. The van der Waals surface area contributed by atoms with Crippen LogP contribution in [0.25, 0.3) is 0 Å². The van der Waals surface area contributed by atoms with Gasteiger partial charge in [0, 0.05) is 13.3 Å². The molecule has 3 fully saturated rings. The second-order valence-electron chi connectivity index (χ2n) is 20.4. The minimum Gasteiger partial charge on any atom is -0.353 e. The second-order valence-corrected chi connectivity index (χ2v) is 20.4. The van der Waals surface area contributed by atoms with E-state index >= 15 is 0 Å². The molecule has 0 N–H and O–H groups in total. The van der Waals surface area contributed by atoms with Gasteiger partial charge in [0.15, 0.2) is 12.6 Å². The molecule has 0 bridgehead atoms. The summed E-state index contributed by atoms with van der Waals surface area (Å²) < 4.78 is 20.7. The minimum atomic E-state index is 0. The van der Waals surface area contributed by atoms with Crippen LogP contribution >= 0.6 is 0 Å². The third-order valence-electron chi connectivity index (χ3n) is 12.2. The molecule has 1 saturated carbocycles. The van der Waals surface area contributed by atoms with Crippen LogP contribution in [0.1, 0.15) is 196 Å². The number of hydrogen-bond acceptors (Lipinski definition) is 4. The van der Waals surface area contributed by atoms with Crippen LogP contribution in [0.3, 0.4) is 0 Å². The zero-order valence-corrected chi connectivity index (χ0v) is 48.2. The minimum absolute atomic E-state index is 0. The average Bonchev–Trinajstić information content (AvgIpc) is 3.34. The van der Waals surface area contributed by atoms with Crippen molar-refractivity contribution in [1.82, 2.24) is 0 Å². The van der Waals surface area contributed by atoms with Crippen molar-refractivity contribution in [2.45, 2.75) is 215 Å². The van der Waals surface area contributed by atoms with E-state index in [0.29, 0.717) is 11.8 Å². The zero-order valence-electron chi connectivity index (χ0n) is 48.2. The van der Waals surface area contributed by atoms with Crippen LogP contribution in [-0.2, 0) is 18.9 Å². The molecule has 0 spiro atoms. The average molecular weight is 946 g/mol. The molecule has 0 amide bonds. The lowest BCUT2D eigenvalue weighted by atomic mass is 9.84. The molecule has 3 aliphatic carbocycles. The summed E-state index contributed by atoms with van der Waals surface area (Å²) in [4.78, 5) is 0. The quantitative estimate of drug-likeness (QED) is 0.211. The fourth-order valence-corrected chi connectivity index (χ4v) is 6.92. The third kappa shape index (κ3) is 40.8. The molecule has 2 atom stereocenters. The summed E-state index contributed by atoms with van der Waals surface area (Å²) in [6.07, 6.45) is 18.8. The van der Waals surface area contributed by atoms with Gasteiger partial charge in [0.2, 0.25) is 0 Å². The molecule has 4 heteroatoms. The molecule has 3 aromatic rings. The summed E-state index contributed by atoms with van der Waals surface area (Å²) in [5.41, 5.74) is 11.1. The normalized spacial score (nSPS) is 24.5. The van der Waals surface area contributed by atoms with E-state index in [0.717, 1.165) is 50.1 Å². The van der Waals surface area contributed by atoms with Crippen molar-refractivity contribution < 1.29 is 20.4 Å². The highest BCUT2D eigenvalue weighted by Crippen LogP contribution is 2.27. The number of hydrogen-bond donors (Lipinski definition) is 0. The van der Waals surface area contributed by atoms with Crippen molar-refractivity contribution in [3.05, 3.63) is 129 Å². The zero-order chi connectivity index (χ0) is 51.9. The summed E-state index contributed by atoms with van der Waals surface area (Å²) in [7, 11) is 0. The van der Waals surface area contributed by atoms with Crippen LogP contribution in [0.4, 0.5) is 0 Å². The second kappa shape index (κ2) is 42.8. The van der Waals surface area contributed by atoms with E-state index in [2.05, 4.69) is 182 Å². The Morgan fingerprint density at radius 2 is 0.515 bits per heavy atom. The number of allylic oxidation sites excluding steroid dienone is 4. The first-order valence-corrected chi connectivity index (χ1v) is 27.2. The maximum Gasteiger partial charge on any atom is 0.154 e. The van der Waals surface area contributed by atoms with E-state index in [4.69, 9.17) is 18.9 Å². The van der Waals surface area contributed by atoms with Crippen molar-refractivity contribution in [2.24, 2.45) is 35.5 Å². The first-order valence-electron chi connectivity index (χ1n) is 27.2. The molecule has 4 nitrogen and oxygen atoms in total. The van der Waals surface area contributed by atoms with Gasteiger partial charge in [-0.25, -0.2) is 0 Å². The Morgan fingerprint density at radius 3 is 0.662 bits per heavy atom. The summed E-state index contributed by atoms with van der Waals surface area (Å²) in [5.74, 6) is 5.08. The van der Waals surface area contributed by atoms with Gasteiger partial charge in [-0.05, 0) is 131 Å². The van der Waals surface area contributed by atoms with Gasteiger partial charge in [-0.3, -0.25) is 0 Å². The van der Waals surface area contributed by atoms with Gasteiger partial charge < -0.3 is 18.9 Å². The molecule has 5 aliphatic rings. The van der Waals surface area contributed by atoms with Gasteiger partial charge in [-0.2, -0.15) is 0 Å². The van der Waals surface area contributed by atoms with E-state index in [9.17, 15) is 0 Å². The van der Waals surface area contributed by atoms with Crippen molar-refractivity contribution in [2.75, 3.05) is 26.4 Å². The maximum absolute atomic E-state index is 5.17.